The molecular formula is C44H26N2O. The molecular weight excluding hydrogens is 572 g/mol. The molecule has 2 aromatic heterocycles. The number of aromatic nitrogens is 2. The fourth-order valence-electron chi connectivity index (χ4n) is 7.33. The van der Waals surface area contributed by atoms with Gasteiger partial charge in [-0.2, -0.15) is 0 Å². The van der Waals surface area contributed by atoms with Gasteiger partial charge in [-0.25, -0.2) is 9.97 Å². The number of benzene rings is 7. The topological polar surface area (TPSA) is 38.9 Å². The summed E-state index contributed by atoms with van der Waals surface area (Å²) in [6.07, 6.45) is 0. The molecule has 2 heterocycles. The van der Waals surface area contributed by atoms with Crippen LogP contribution in [-0.2, 0) is 0 Å². The van der Waals surface area contributed by atoms with Gasteiger partial charge in [-0.1, -0.05) is 133 Å². The van der Waals surface area contributed by atoms with Crippen molar-refractivity contribution < 1.29 is 4.42 Å². The van der Waals surface area contributed by atoms with Crippen LogP contribution in [0.2, 0.25) is 0 Å². The van der Waals surface area contributed by atoms with Crippen LogP contribution in [0.1, 0.15) is 0 Å². The summed E-state index contributed by atoms with van der Waals surface area (Å²) in [5.74, 6) is 0.696. The van der Waals surface area contributed by atoms with Crippen molar-refractivity contribution in [2.24, 2.45) is 0 Å². The largest absolute Gasteiger partial charge is 0.456 e. The highest BCUT2D eigenvalue weighted by atomic mass is 16.3. The van der Waals surface area contributed by atoms with E-state index in [9.17, 15) is 0 Å². The highest BCUT2D eigenvalue weighted by molar-refractivity contribution is 6.19. The monoisotopic (exact) mass is 598 g/mol. The molecule has 0 aliphatic heterocycles. The molecule has 3 heteroatoms. The van der Waals surface area contributed by atoms with Gasteiger partial charge in [-0.3, -0.25) is 0 Å². The molecule has 7 aromatic carbocycles. The van der Waals surface area contributed by atoms with Crippen molar-refractivity contribution >= 4 is 32.7 Å². The highest BCUT2D eigenvalue weighted by Gasteiger charge is 2.23. The fraction of sp³-hybridized carbons (Fsp3) is 0. The normalized spacial score (nSPS) is 11.8. The van der Waals surface area contributed by atoms with Gasteiger partial charge >= 0.3 is 0 Å². The Kier molecular flexibility index (Phi) is 5.57. The smallest absolute Gasteiger partial charge is 0.160 e. The molecule has 0 saturated heterocycles. The van der Waals surface area contributed by atoms with Crippen LogP contribution in [0.25, 0.3) is 100.0 Å². The second-order valence-corrected chi connectivity index (χ2v) is 12.1. The van der Waals surface area contributed by atoms with E-state index in [1.165, 1.54) is 38.6 Å². The molecule has 0 fully saturated rings. The second kappa shape index (κ2) is 10.1. The summed E-state index contributed by atoms with van der Waals surface area (Å²) in [4.78, 5) is 10.2. The average molecular weight is 599 g/mol. The van der Waals surface area contributed by atoms with E-state index in [4.69, 9.17) is 14.4 Å². The molecule has 0 unspecified atom stereocenters. The van der Waals surface area contributed by atoms with Crippen LogP contribution in [0, 0.1) is 0 Å². The molecule has 10 rings (SSSR count). The molecule has 9 aromatic rings. The third-order valence-corrected chi connectivity index (χ3v) is 9.46. The van der Waals surface area contributed by atoms with Crippen LogP contribution in [0.5, 0.6) is 0 Å². The maximum atomic E-state index is 6.47. The van der Waals surface area contributed by atoms with Gasteiger partial charge in [-0.15, -0.1) is 0 Å². The van der Waals surface area contributed by atoms with E-state index in [0.29, 0.717) is 5.82 Å². The first-order valence-corrected chi connectivity index (χ1v) is 15.9. The van der Waals surface area contributed by atoms with Gasteiger partial charge in [0.05, 0.1) is 11.4 Å². The Morgan fingerprint density at radius 2 is 0.979 bits per heavy atom. The van der Waals surface area contributed by atoms with Crippen molar-refractivity contribution in [1.29, 1.82) is 0 Å². The summed E-state index contributed by atoms with van der Waals surface area (Å²) < 4.78 is 6.47. The van der Waals surface area contributed by atoms with E-state index < -0.39 is 0 Å². The lowest BCUT2D eigenvalue weighted by Gasteiger charge is -2.11. The zero-order valence-electron chi connectivity index (χ0n) is 25.3. The maximum absolute atomic E-state index is 6.47. The minimum Gasteiger partial charge on any atom is -0.456 e. The molecule has 0 bridgehead atoms. The SMILES string of the molecule is c1ccc(-c2cc(-c3cccc4oc5ccc(-c6ccc7c8c(cccc68)-c6ccccc6-7)cc5c34)nc(-c3ccccc3)n2)cc1. The Bertz CT molecular complexity index is 2590. The van der Waals surface area contributed by atoms with Gasteiger partial charge in [0.15, 0.2) is 5.82 Å². The summed E-state index contributed by atoms with van der Waals surface area (Å²) in [6, 6.07) is 55.4. The van der Waals surface area contributed by atoms with Crippen LogP contribution in [-0.4, -0.2) is 9.97 Å². The van der Waals surface area contributed by atoms with Gasteiger partial charge in [-0.05, 0) is 68.4 Å². The molecule has 1 aliphatic carbocycles. The lowest BCUT2D eigenvalue weighted by Crippen LogP contribution is -1.96. The summed E-state index contributed by atoms with van der Waals surface area (Å²) in [5, 5.41) is 4.71. The molecule has 218 valence electrons. The Morgan fingerprint density at radius 3 is 1.79 bits per heavy atom. The molecule has 3 nitrogen and oxygen atoms in total. The first-order chi connectivity index (χ1) is 23.3. The molecule has 0 amide bonds. The minimum atomic E-state index is 0.696. The van der Waals surface area contributed by atoms with Crippen molar-refractivity contribution in [2.75, 3.05) is 0 Å². The van der Waals surface area contributed by atoms with Crippen molar-refractivity contribution in [3.63, 3.8) is 0 Å². The number of rotatable bonds is 4. The number of fused-ring (bicyclic) bond motifs is 6. The first-order valence-electron chi connectivity index (χ1n) is 15.9. The lowest BCUT2D eigenvalue weighted by molar-refractivity contribution is 0.669. The Balaban J connectivity index is 1.19. The predicted molar refractivity (Wildman–Crippen MR) is 193 cm³/mol. The summed E-state index contributed by atoms with van der Waals surface area (Å²) in [5.41, 5.74) is 14.1. The van der Waals surface area contributed by atoms with Crippen molar-refractivity contribution in [3.8, 4) is 67.3 Å². The van der Waals surface area contributed by atoms with Gasteiger partial charge in [0, 0.05) is 27.5 Å². The van der Waals surface area contributed by atoms with Gasteiger partial charge in [0.25, 0.3) is 0 Å². The molecule has 0 atom stereocenters. The van der Waals surface area contributed by atoms with Gasteiger partial charge < -0.3 is 4.42 Å². The Morgan fingerprint density at radius 1 is 0.340 bits per heavy atom. The van der Waals surface area contributed by atoms with Crippen LogP contribution < -0.4 is 0 Å². The van der Waals surface area contributed by atoms with Crippen LogP contribution >= 0.6 is 0 Å². The second-order valence-electron chi connectivity index (χ2n) is 12.1. The Hall–Kier alpha value is -6.32. The third-order valence-electron chi connectivity index (χ3n) is 9.46. The van der Waals surface area contributed by atoms with E-state index in [1.54, 1.807) is 0 Å². The predicted octanol–water partition coefficient (Wildman–Crippen LogP) is 11.8. The maximum Gasteiger partial charge on any atom is 0.160 e. The third kappa shape index (κ3) is 4.00. The van der Waals surface area contributed by atoms with E-state index >= 15 is 0 Å². The molecule has 47 heavy (non-hydrogen) atoms. The van der Waals surface area contributed by atoms with Crippen LogP contribution in [0.4, 0.5) is 0 Å². The molecule has 0 radical (unpaired) electrons. The van der Waals surface area contributed by atoms with Crippen LogP contribution in [0.15, 0.2) is 162 Å². The number of furan rings is 1. The highest BCUT2D eigenvalue weighted by Crippen LogP contribution is 2.49. The fourth-order valence-corrected chi connectivity index (χ4v) is 7.33. The molecule has 0 saturated carbocycles. The van der Waals surface area contributed by atoms with Crippen molar-refractivity contribution in [3.05, 3.63) is 158 Å². The summed E-state index contributed by atoms with van der Waals surface area (Å²) >= 11 is 0. The zero-order chi connectivity index (χ0) is 30.9. The van der Waals surface area contributed by atoms with E-state index in [1.807, 2.05) is 48.5 Å². The van der Waals surface area contributed by atoms with E-state index in [0.717, 1.165) is 55.6 Å². The van der Waals surface area contributed by atoms with Gasteiger partial charge in [0.2, 0.25) is 0 Å². The first kappa shape index (κ1) is 26.0. The molecule has 1 aliphatic rings. The Labute approximate surface area is 271 Å². The van der Waals surface area contributed by atoms with E-state index in [2.05, 4.69) is 109 Å². The van der Waals surface area contributed by atoms with Crippen molar-refractivity contribution in [2.45, 2.75) is 0 Å². The molecule has 0 N–H and O–H groups in total. The minimum absolute atomic E-state index is 0.696. The summed E-state index contributed by atoms with van der Waals surface area (Å²) in [7, 11) is 0. The van der Waals surface area contributed by atoms with Gasteiger partial charge in [0.1, 0.15) is 11.2 Å². The number of hydrogen-bond acceptors (Lipinski definition) is 3. The number of hydrogen-bond donors (Lipinski definition) is 0. The standard InChI is InChI=1S/C44H26N2O/c1-3-11-27(12-4-1)38-26-39(46-44(45-38)28-13-5-2-6-14-28)36-19-10-20-41-43(36)37-25-29(21-24-40(37)47-41)30-22-23-35-32-16-8-7-15-31(32)34-18-9-17-33(30)42(34)35/h1-26H. The van der Waals surface area contributed by atoms with Crippen molar-refractivity contribution in [1.82, 2.24) is 9.97 Å². The lowest BCUT2D eigenvalue weighted by atomic mass is 9.93. The zero-order valence-corrected chi connectivity index (χ0v) is 25.3. The van der Waals surface area contributed by atoms with E-state index in [-0.39, 0.29) is 0 Å². The molecule has 0 spiro atoms. The number of nitrogens with zero attached hydrogens (tertiary/aromatic N) is 2. The van der Waals surface area contributed by atoms with Crippen LogP contribution in [0.3, 0.4) is 0 Å². The quantitative estimate of drug-likeness (QED) is 0.202. The summed E-state index contributed by atoms with van der Waals surface area (Å²) in [6.45, 7) is 0. The average Bonchev–Trinajstić information content (AvgIpc) is 3.69.